The first-order chi connectivity index (χ1) is 22.5. The number of pyridine rings is 1. The van der Waals surface area contributed by atoms with Crippen molar-refractivity contribution in [2.24, 2.45) is 10.9 Å². The highest BCUT2D eigenvalue weighted by Gasteiger charge is 2.38. The van der Waals surface area contributed by atoms with E-state index in [1.807, 2.05) is 25.2 Å². The lowest BCUT2D eigenvalue weighted by Gasteiger charge is -2.35. The minimum absolute atomic E-state index is 0.122. The normalized spacial score (nSPS) is 16.1. The number of nitrogens with zero attached hydrogens (tertiary/aromatic N) is 4. The topological polar surface area (TPSA) is 165 Å². The van der Waals surface area contributed by atoms with Crippen LogP contribution in [0.4, 0.5) is 30.2 Å². The molecule has 0 spiro atoms. The number of aromatic carboxylic acids is 1. The van der Waals surface area contributed by atoms with Crippen molar-refractivity contribution in [1.29, 1.82) is 0 Å². The van der Waals surface area contributed by atoms with Crippen LogP contribution in [0.25, 0.3) is 17.0 Å². The first kappa shape index (κ1) is 36.2. The molecule has 3 heterocycles. The van der Waals surface area contributed by atoms with Gasteiger partial charge in [-0.25, -0.2) is 9.59 Å². The van der Waals surface area contributed by atoms with Crippen molar-refractivity contribution in [1.82, 2.24) is 9.88 Å². The first-order valence-electron chi connectivity index (χ1n) is 14.3. The van der Waals surface area contributed by atoms with Crippen LogP contribution in [0, 0.1) is 5.92 Å². The van der Waals surface area contributed by atoms with E-state index in [2.05, 4.69) is 30.4 Å². The third-order valence-corrected chi connectivity index (χ3v) is 8.30. The summed E-state index contributed by atoms with van der Waals surface area (Å²) >= 11 is 7.53. The molecule has 2 aromatic carbocycles. The third-order valence-electron chi connectivity index (χ3n) is 7.07. The zero-order chi connectivity index (χ0) is 35.3. The maximum Gasteiger partial charge on any atom is 0.490 e. The Labute approximate surface area is 281 Å². The molecule has 48 heavy (non-hydrogen) atoms. The molecule has 0 bridgehead atoms. The average molecular weight is 707 g/mol. The number of likely N-dealkylation sites (N-methyl/N-ethyl adjacent to an activating group) is 1. The second kappa shape index (κ2) is 15.0. The summed E-state index contributed by atoms with van der Waals surface area (Å²) in [7, 11) is 2.04. The Kier molecular flexibility index (Phi) is 11.3. The van der Waals surface area contributed by atoms with Crippen LogP contribution in [-0.2, 0) is 14.4 Å². The lowest BCUT2D eigenvalue weighted by Crippen LogP contribution is -2.45. The van der Waals surface area contributed by atoms with E-state index in [0.717, 1.165) is 18.7 Å². The molecular formula is C31H30ClF3N6O6S. The van der Waals surface area contributed by atoms with Gasteiger partial charge in [-0.15, -0.1) is 0 Å². The summed E-state index contributed by atoms with van der Waals surface area (Å²) in [5, 5.41) is 24.4. The van der Waals surface area contributed by atoms with Crippen molar-refractivity contribution in [3.8, 4) is 0 Å². The molecule has 4 N–H and O–H groups in total. The fourth-order valence-electron chi connectivity index (χ4n) is 4.53. The van der Waals surface area contributed by atoms with E-state index in [-0.39, 0.29) is 17.4 Å². The molecule has 1 saturated heterocycles. The van der Waals surface area contributed by atoms with Gasteiger partial charge in [-0.05, 0) is 60.8 Å². The van der Waals surface area contributed by atoms with Gasteiger partial charge in [0, 0.05) is 49.4 Å². The summed E-state index contributed by atoms with van der Waals surface area (Å²) in [5.41, 5.74) is 3.26. The van der Waals surface area contributed by atoms with Crippen LogP contribution in [0.15, 0.2) is 52.5 Å². The van der Waals surface area contributed by atoms with E-state index in [9.17, 15) is 32.7 Å². The smallest absolute Gasteiger partial charge is 0.478 e. The summed E-state index contributed by atoms with van der Waals surface area (Å²) in [6.07, 6.45) is -1.94. The van der Waals surface area contributed by atoms with Gasteiger partial charge < -0.3 is 30.6 Å². The second-order valence-corrected chi connectivity index (χ2v) is 12.4. The minimum Gasteiger partial charge on any atom is -0.478 e. The Morgan fingerprint density at radius 1 is 1.06 bits per heavy atom. The summed E-state index contributed by atoms with van der Waals surface area (Å²) in [4.78, 5) is 59.1. The van der Waals surface area contributed by atoms with Crippen LogP contribution in [0.3, 0.4) is 0 Å². The maximum atomic E-state index is 12.8. The molecule has 5 rings (SSSR count). The van der Waals surface area contributed by atoms with E-state index >= 15 is 0 Å². The number of alkyl halides is 3. The highest BCUT2D eigenvalue weighted by atomic mass is 35.5. The number of amidine groups is 1. The standard InChI is InChI=1S/C29H29ClN6O4S.C2HF3O2/c1-16(2)26(37)32-18-5-6-21(30)23(14-18)33-29-34-27(38)24(41-29)13-17-4-7-22-19(12-17)25(20(15-31-22)28(39)40)36-10-8-35(3)9-11-36;3-2(4,5)1(6)7/h4-7,12-16H,8-11H2,1-3H3,(H,32,37)(H,39,40)(H,33,34,38);(H,6,7). The lowest BCUT2D eigenvalue weighted by atomic mass is 10.0. The Morgan fingerprint density at radius 3 is 2.33 bits per heavy atom. The Hall–Kier alpha value is -4.67. The highest BCUT2D eigenvalue weighted by Crippen LogP contribution is 2.35. The van der Waals surface area contributed by atoms with Gasteiger partial charge in [-0.2, -0.15) is 18.2 Å². The number of aliphatic imine (C=N–C) groups is 1. The van der Waals surface area contributed by atoms with Crippen LogP contribution >= 0.6 is 23.4 Å². The van der Waals surface area contributed by atoms with E-state index < -0.39 is 24.0 Å². The van der Waals surface area contributed by atoms with Crippen molar-refractivity contribution in [3.63, 3.8) is 0 Å². The molecule has 1 aromatic heterocycles. The molecule has 0 saturated carbocycles. The largest absolute Gasteiger partial charge is 0.490 e. The number of nitrogens with one attached hydrogen (secondary N) is 2. The van der Waals surface area contributed by atoms with Crippen molar-refractivity contribution >= 4 is 86.3 Å². The zero-order valence-corrected chi connectivity index (χ0v) is 27.3. The number of aromatic nitrogens is 1. The predicted octanol–water partition coefficient (Wildman–Crippen LogP) is 5.65. The molecule has 2 amide bonds. The fraction of sp³-hybridized carbons (Fsp3) is 0.290. The number of hydrogen-bond donors (Lipinski definition) is 4. The number of benzene rings is 2. The van der Waals surface area contributed by atoms with Crippen molar-refractivity contribution < 1.29 is 42.6 Å². The summed E-state index contributed by atoms with van der Waals surface area (Å²) in [5.74, 6) is -4.50. The Bertz CT molecular complexity index is 1830. The van der Waals surface area contributed by atoms with Crippen LogP contribution < -0.4 is 15.5 Å². The van der Waals surface area contributed by atoms with Gasteiger partial charge in [0.05, 0.1) is 26.8 Å². The summed E-state index contributed by atoms with van der Waals surface area (Å²) < 4.78 is 31.7. The van der Waals surface area contributed by atoms with Crippen LogP contribution in [0.2, 0.25) is 5.02 Å². The van der Waals surface area contributed by atoms with Crippen LogP contribution in [-0.4, -0.2) is 88.4 Å². The number of amides is 2. The lowest BCUT2D eigenvalue weighted by molar-refractivity contribution is -0.192. The molecule has 0 radical (unpaired) electrons. The molecule has 17 heteroatoms. The minimum atomic E-state index is -5.08. The SMILES string of the molecule is CC(C)C(=O)Nc1ccc(Cl)c(NC2=NC(=O)C(=Cc3ccc4ncc(C(=O)O)c(N5CCN(C)CC5)c4c3)S2)c1.O=C(O)C(F)(F)F. The number of carbonyl (C=O) groups excluding carboxylic acids is 2. The number of carbonyl (C=O) groups is 4. The van der Waals surface area contributed by atoms with E-state index in [1.54, 1.807) is 38.1 Å². The molecular weight excluding hydrogens is 677 g/mol. The van der Waals surface area contributed by atoms with Gasteiger partial charge in [-0.3, -0.25) is 14.6 Å². The average Bonchev–Trinajstić information content (AvgIpc) is 3.36. The molecule has 0 unspecified atom stereocenters. The number of fused-ring (bicyclic) bond motifs is 1. The van der Waals surface area contributed by atoms with Crippen LogP contribution in [0.5, 0.6) is 0 Å². The molecule has 254 valence electrons. The van der Waals surface area contributed by atoms with Gasteiger partial charge in [0.1, 0.15) is 5.56 Å². The highest BCUT2D eigenvalue weighted by molar-refractivity contribution is 8.18. The molecule has 1 fully saturated rings. The molecule has 2 aliphatic rings. The number of halogens is 4. The second-order valence-electron chi connectivity index (χ2n) is 11.0. The third kappa shape index (κ3) is 9.02. The molecule has 3 aromatic rings. The van der Waals surface area contributed by atoms with Crippen molar-refractivity contribution in [3.05, 3.63) is 63.6 Å². The number of aliphatic carboxylic acids is 1. The fourth-order valence-corrected chi connectivity index (χ4v) is 5.52. The van der Waals surface area contributed by atoms with Gasteiger partial charge in [0.25, 0.3) is 5.91 Å². The molecule has 0 atom stereocenters. The number of carboxylic acids is 2. The first-order valence-corrected chi connectivity index (χ1v) is 15.5. The molecule has 2 aliphatic heterocycles. The zero-order valence-electron chi connectivity index (χ0n) is 25.8. The molecule has 0 aliphatic carbocycles. The monoisotopic (exact) mass is 706 g/mol. The van der Waals surface area contributed by atoms with E-state index in [1.165, 1.54) is 18.0 Å². The van der Waals surface area contributed by atoms with Crippen LogP contribution in [0.1, 0.15) is 29.8 Å². The maximum absolute atomic E-state index is 12.8. The number of hydrogen-bond acceptors (Lipinski definition) is 9. The molecule has 12 nitrogen and oxygen atoms in total. The van der Waals surface area contributed by atoms with Crippen molar-refractivity contribution in [2.45, 2.75) is 20.0 Å². The summed E-state index contributed by atoms with van der Waals surface area (Å²) in [6, 6.07) is 10.6. The Morgan fingerprint density at radius 2 is 1.73 bits per heavy atom. The quantitative estimate of drug-likeness (QED) is 0.234. The number of carboxylic acid groups (broad SMARTS) is 2. The van der Waals surface area contributed by atoms with Gasteiger partial charge in [0.2, 0.25) is 5.91 Å². The van der Waals surface area contributed by atoms with Gasteiger partial charge >= 0.3 is 18.1 Å². The van der Waals surface area contributed by atoms with E-state index in [0.29, 0.717) is 56.2 Å². The number of thioether (sulfide) groups is 1. The predicted molar refractivity (Wildman–Crippen MR) is 179 cm³/mol. The number of anilines is 3. The number of piperazine rings is 1. The van der Waals surface area contributed by atoms with E-state index in [4.69, 9.17) is 21.5 Å². The van der Waals surface area contributed by atoms with Gasteiger partial charge in [0.15, 0.2) is 5.17 Å². The Balaban J connectivity index is 0.000000671. The van der Waals surface area contributed by atoms with Crippen molar-refractivity contribution in [2.75, 3.05) is 48.8 Å². The van der Waals surface area contributed by atoms with Gasteiger partial charge in [-0.1, -0.05) is 31.5 Å². The number of rotatable bonds is 6. The summed E-state index contributed by atoms with van der Waals surface area (Å²) in [6.45, 7) is 6.65.